The fourth-order valence-corrected chi connectivity index (χ4v) is 3.35. The Morgan fingerprint density at radius 1 is 1.35 bits per heavy atom. The van der Waals surface area contributed by atoms with Gasteiger partial charge in [0.25, 0.3) is 5.69 Å². The Morgan fingerprint density at radius 3 is 2.70 bits per heavy atom. The van der Waals surface area contributed by atoms with Crippen molar-refractivity contribution in [1.82, 2.24) is 4.72 Å². The summed E-state index contributed by atoms with van der Waals surface area (Å²) in [5.41, 5.74) is 0.382. The van der Waals surface area contributed by atoms with Crippen molar-refractivity contribution in [3.63, 3.8) is 0 Å². The number of nitro benzene ring substituents is 1. The summed E-state index contributed by atoms with van der Waals surface area (Å²) in [6.45, 7) is 0.127. The van der Waals surface area contributed by atoms with Crippen molar-refractivity contribution in [1.29, 1.82) is 0 Å². The SMILES string of the molecule is O=[N+]([O-])c1cc(S(=O)(=O)NCc2ccsc2)ccc1Cl. The van der Waals surface area contributed by atoms with Crippen LogP contribution in [0.25, 0.3) is 0 Å². The second kappa shape index (κ2) is 5.88. The maximum Gasteiger partial charge on any atom is 0.289 e. The molecule has 106 valence electrons. The van der Waals surface area contributed by atoms with Gasteiger partial charge in [0.1, 0.15) is 5.02 Å². The van der Waals surface area contributed by atoms with Gasteiger partial charge in [0.2, 0.25) is 10.0 Å². The number of benzene rings is 1. The normalized spacial score (nSPS) is 11.4. The average Bonchev–Trinajstić information content (AvgIpc) is 2.89. The van der Waals surface area contributed by atoms with Crippen LogP contribution >= 0.6 is 22.9 Å². The van der Waals surface area contributed by atoms with Crippen molar-refractivity contribution in [3.05, 3.63) is 55.7 Å². The summed E-state index contributed by atoms with van der Waals surface area (Å²) in [7, 11) is -3.82. The molecule has 20 heavy (non-hydrogen) atoms. The number of rotatable bonds is 5. The maximum atomic E-state index is 12.0. The molecule has 0 atom stereocenters. The van der Waals surface area contributed by atoms with Gasteiger partial charge in [-0.25, -0.2) is 13.1 Å². The first-order valence-electron chi connectivity index (χ1n) is 5.35. The van der Waals surface area contributed by atoms with E-state index in [-0.39, 0.29) is 16.5 Å². The molecule has 0 aliphatic carbocycles. The highest BCUT2D eigenvalue weighted by molar-refractivity contribution is 7.89. The molecule has 0 amide bonds. The monoisotopic (exact) mass is 332 g/mol. The molecule has 0 aliphatic rings. The summed E-state index contributed by atoms with van der Waals surface area (Å²) in [4.78, 5) is 9.84. The van der Waals surface area contributed by atoms with E-state index in [9.17, 15) is 18.5 Å². The summed E-state index contributed by atoms with van der Waals surface area (Å²) in [6, 6.07) is 5.15. The Balaban J connectivity index is 2.25. The highest BCUT2D eigenvalue weighted by Gasteiger charge is 2.20. The molecule has 2 rings (SSSR count). The third-order valence-electron chi connectivity index (χ3n) is 2.47. The van der Waals surface area contributed by atoms with E-state index >= 15 is 0 Å². The Morgan fingerprint density at radius 2 is 2.10 bits per heavy atom. The second-order valence-electron chi connectivity index (χ2n) is 3.83. The molecule has 0 saturated carbocycles. The first-order valence-corrected chi connectivity index (χ1v) is 8.15. The quantitative estimate of drug-likeness (QED) is 0.673. The number of nitrogens with one attached hydrogen (secondary N) is 1. The molecule has 9 heteroatoms. The standard InChI is InChI=1S/C11H9ClN2O4S2/c12-10-2-1-9(5-11(10)14(15)16)20(17,18)13-6-8-3-4-19-7-8/h1-5,7,13H,6H2. The lowest BCUT2D eigenvalue weighted by Gasteiger charge is -2.06. The Kier molecular flexibility index (Phi) is 4.39. The smallest absolute Gasteiger partial charge is 0.258 e. The van der Waals surface area contributed by atoms with Crippen LogP contribution in [0.5, 0.6) is 0 Å². The molecule has 0 spiro atoms. The van der Waals surface area contributed by atoms with E-state index in [4.69, 9.17) is 11.6 Å². The van der Waals surface area contributed by atoms with Crippen molar-refractivity contribution in [2.24, 2.45) is 0 Å². The van der Waals surface area contributed by atoms with Crippen LogP contribution in [0, 0.1) is 10.1 Å². The van der Waals surface area contributed by atoms with Gasteiger partial charge in [0.05, 0.1) is 9.82 Å². The third-order valence-corrected chi connectivity index (χ3v) is 4.92. The first-order chi connectivity index (χ1) is 9.40. The van der Waals surface area contributed by atoms with Gasteiger partial charge in [-0.1, -0.05) is 11.6 Å². The molecular formula is C11H9ClN2O4S2. The number of sulfonamides is 1. The third kappa shape index (κ3) is 3.34. The van der Waals surface area contributed by atoms with Crippen LogP contribution in [0.15, 0.2) is 39.9 Å². The van der Waals surface area contributed by atoms with E-state index in [2.05, 4.69) is 4.72 Å². The number of thiophene rings is 1. The fraction of sp³-hybridized carbons (Fsp3) is 0.0909. The molecular weight excluding hydrogens is 324 g/mol. The Labute approximate surface area is 124 Å². The predicted molar refractivity (Wildman–Crippen MR) is 76.5 cm³/mol. The molecule has 1 N–H and O–H groups in total. The van der Waals surface area contributed by atoms with Crippen LogP contribution in [-0.4, -0.2) is 13.3 Å². The van der Waals surface area contributed by atoms with E-state index in [0.29, 0.717) is 0 Å². The number of nitro groups is 1. The largest absolute Gasteiger partial charge is 0.289 e. The van der Waals surface area contributed by atoms with E-state index in [1.807, 2.05) is 10.8 Å². The van der Waals surface area contributed by atoms with Crippen molar-refractivity contribution < 1.29 is 13.3 Å². The fourth-order valence-electron chi connectivity index (χ4n) is 1.45. The average molecular weight is 333 g/mol. The summed E-state index contributed by atoms with van der Waals surface area (Å²) < 4.78 is 26.5. The van der Waals surface area contributed by atoms with Gasteiger partial charge in [-0.15, -0.1) is 0 Å². The van der Waals surface area contributed by atoms with Gasteiger partial charge in [0.15, 0.2) is 0 Å². The molecule has 1 aromatic heterocycles. The minimum atomic E-state index is -3.82. The minimum Gasteiger partial charge on any atom is -0.258 e. The van der Waals surface area contributed by atoms with E-state index in [0.717, 1.165) is 11.6 Å². The van der Waals surface area contributed by atoms with Crippen molar-refractivity contribution in [2.45, 2.75) is 11.4 Å². The molecule has 0 unspecified atom stereocenters. The van der Waals surface area contributed by atoms with Crippen LogP contribution in [-0.2, 0) is 16.6 Å². The molecule has 2 aromatic rings. The molecule has 1 aromatic carbocycles. The first kappa shape index (κ1) is 14.9. The van der Waals surface area contributed by atoms with Gasteiger partial charge in [0, 0.05) is 12.6 Å². The number of hydrogen-bond donors (Lipinski definition) is 1. The number of nitrogens with zero attached hydrogens (tertiary/aromatic N) is 1. The molecule has 1 heterocycles. The lowest BCUT2D eigenvalue weighted by molar-refractivity contribution is -0.384. The predicted octanol–water partition coefficient (Wildman–Crippen LogP) is 2.79. The molecule has 0 saturated heterocycles. The number of hydrogen-bond acceptors (Lipinski definition) is 5. The topological polar surface area (TPSA) is 89.3 Å². The van der Waals surface area contributed by atoms with Crippen LogP contribution in [0.2, 0.25) is 5.02 Å². The van der Waals surface area contributed by atoms with Crippen molar-refractivity contribution in [3.8, 4) is 0 Å². The summed E-state index contributed by atoms with van der Waals surface area (Å²) in [5.74, 6) is 0. The van der Waals surface area contributed by atoms with Crippen LogP contribution in [0.1, 0.15) is 5.56 Å². The van der Waals surface area contributed by atoms with Crippen molar-refractivity contribution >= 4 is 38.6 Å². The highest BCUT2D eigenvalue weighted by atomic mass is 35.5. The lowest BCUT2D eigenvalue weighted by Crippen LogP contribution is -2.23. The molecule has 0 fully saturated rings. The number of halogens is 1. The molecule has 0 aliphatic heterocycles. The second-order valence-corrected chi connectivity index (χ2v) is 6.78. The zero-order chi connectivity index (χ0) is 14.8. The zero-order valence-electron chi connectivity index (χ0n) is 9.95. The van der Waals surface area contributed by atoms with Gasteiger partial charge in [-0.05, 0) is 34.5 Å². The lowest BCUT2D eigenvalue weighted by atomic mass is 10.3. The van der Waals surface area contributed by atoms with Gasteiger partial charge < -0.3 is 0 Å². The molecule has 6 nitrogen and oxygen atoms in total. The zero-order valence-corrected chi connectivity index (χ0v) is 12.3. The molecule has 0 radical (unpaired) electrons. The van der Waals surface area contributed by atoms with E-state index in [1.165, 1.54) is 23.5 Å². The van der Waals surface area contributed by atoms with E-state index in [1.54, 1.807) is 6.07 Å². The maximum absolute atomic E-state index is 12.0. The summed E-state index contributed by atoms with van der Waals surface area (Å²) in [5, 5.41) is 14.3. The van der Waals surface area contributed by atoms with Crippen LogP contribution in [0.3, 0.4) is 0 Å². The summed E-state index contributed by atoms with van der Waals surface area (Å²) >= 11 is 7.10. The Bertz CT molecular complexity index is 729. The van der Waals surface area contributed by atoms with Crippen molar-refractivity contribution in [2.75, 3.05) is 0 Å². The summed E-state index contributed by atoms with van der Waals surface area (Å²) in [6.07, 6.45) is 0. The molecule has 0 bridgehead atoms. The van der Waals surface area contributed by atoms with Gasteiger partial charge in [-0.2, -0.15) is 11.3 Å². The Hall–Kier alpha value is -1.48. The highest BCUT2D eigenvalue weighted by Crippen LogP contribution is 2.27. The van der Waals surface area contributed by atoms with Gasteiger partial charge >= 0.3 is 0 Å². The van der Waals surface area contributed by atoms with E-state index < -0.39 is 20.6 Å². The van der Waals surface area contributed by atoms with Crippen LogP contribution in [0.4, 0.5) is 5.69 Å². The van der Waals surface area contributed by atoms with Crippen LogP contribution < -0.4 is 4.72 Å². The minimum absolute atomic E-state index is 0.105. The van der Waals surface area contributed by atoms with Gasteiger partial charge in [-0.3, -0.25) is 10.1 Å².